The van der Waals surface area contributed by atoms with E-state index in [0.29, 0.717) is 18.3 Å². The van der Waals surface area contributed by atoms with Crippen molar-refractivity contribution in [2.24, 2.45) is 11.8 Å². The Bertz CT molecular complexity index is 1100. The Morgan fingerprint density at radius 1 is 1.09 bits per heavy atom. The normalized spacial score (nSPS) is 19.8. The first kappa shape index (κ1) is 22.0. The van der Waals surface area contributed by atoms with Gasteiger partial charge in [-0.25, -0.2) is 4.98 Å². The molecular weight excluding hydrogens is 398 g/mol. The summed E-state index contributed by atoms with van der Waals surface area (Å²) in [7, 11) is 1.47. The first-order valence-electron chi connectivity index (χ1n) is 11.4. The SMILES string of the molecule is COC(=O)CC1CCC(/C(C)=C/C=C(\C)c2ccc(-c3nc4ccccc4[nH]3)cn2)CC1. The molecule has 1 aromatic carbocycles. The molecule has 1 aliphatic rings. The number of carbonyl (C=O) groups excluding carboxylic acids is 1. The highest BCUT2D eigenvalue weighted by atomic mass is 16.5. The van der Waals surface area contributed by atoms with Crippen LogP contribution in [0.2, 0.25) is 0 Å². The molecule has 2 aromatic heterocycles. The molecule has 0 unspecified atom stereocenters. The number of hydrogen-bond donors (Lipinski definition) is 1. The van der Waals surface area contributed by atoms with Crippen molar-refractivity contribution in [3.05, 3.63) is 66.0 Å². The van der Waals surface area contributed by atoms with Crippen LogP contribution in [-0.2, 0) is 9.53 Å². The molecule has 4 rings (SSSR count). The number of benzene rings is 1. The zero-order valence-corrected chi connectivity index (χ0v) is 19.1. The standard InChI is InChI=1S/C27H31N3O2/c1-18(21-12-10-20(11-13-21)16-26(31)32-3)8-9-19(2)23-15-14-22(17-28-23)27-29-24-6-4-5-7-25(24)30-27/h4-9,14-15,17,20-21H,10-13,16H2,1-3H3,(H,29,30)/b18-8+,19-9+. The van der Waals surface area contributed by atoms with Crippen LogP contribution in [0, 0.1) is 11.8 Å². The van der Waals surface area contributed by atoms with Crippen LogP contribution in [0.15, 0.2) is 60.3 Å². The van der Waals surface area contributed by atoms with E-state index in [1.54, 1.807) is 0 Å². The number of methoxy groups -OCH3 is 1. The van der Waals surface area contributed by atoms with E-state index in [1.165, 1.54) is 12.7 Å². The second kappa shape index (κ2) is 9.94. The number of aromatic nitrogens is 3. The molecule has 32 heavy (non-hydrogen) atoms. The number of H-pyrrole nitrogens is 1. The largest absolute Gasteiger partial charge is 0.469 e. The summed E-state index contributed by atoms with van der Waals surface area (Å²) in [5.41, 5.74) is 6.48. The van der Waals surface area contributed by atoms with Crippen molar-refractivity contribution in [1.29, 1.82) is 0 Å². The van der Waals surface area contributed by atoms with Crippen LogP contribution in [0.1, 0.15) is 51.6 Å². The number of aromatic amines is 1. The van der Waals surface area contributed by atoms with E-state index in [0.717, 1.165) is 59.4 Å². The summed E-state index contributed by atoms with van der Waals surface area (Å²) >= 11 is 0. The fourth-order valence-electron chi connectivity index (χ4n) is 4.48. The van der Waals surface area contributed by atoms with Gasteiger partial charge in [-0.3, -0.25) is 9.78 Å². The number of rotatable bonds is 6. The van der Waals surface area contributed by atoms with Gasteiger partial charge in [-0.05, 0) is 81.2 Å². The van der Waals surface area contributed by atoms with Crippen LogP contribution in [0.5, 0.6) is 0 Å². The number of para-hydroxylation sites is 2. The lowest BCUT2D eigenvalue weighted by molar-refractivity contribution is -0.142. The minimum atomic E-state index is -0.0851. The maximum Gasteiger partial charge on any atom is 0.305 e. The summed E-state index contributed by atoms with van der Waals surface area (Å²) in [5.74, 6) is 1.82. The van der Waals surface area contributed by atoms with Crippen molar-refractivity contribution in [3.63, 3.8) is 0 Å². The van der Waals surface area contributed by atoms with Crippen LogP contribution in [0.4, 0.5) is 0 Å². The topological polar surface area (TPSA) is 67.9 Å². The minimum absolute atomic E-state index is 0.0851. The molecule has 1 aliphatic carbocycles. The Kier molecular flexibility index (Phi) is 6.84. The van der Waals surface area contributed by atoms with Gasteiger partial charge in [0.05, 0.1) is 23.8 Å². The third kappa shape index (κ3) is 5.16. The molecule has 2 heterocycles. The smallest absolute Gasteiger partial charge is 0.305 e. The molecule has 0 radical (unpaired) electrons. The predicted octanol–water partition coefficient (Wildman–Crippen LogP) is 6.34. The van der Waals surface area contributed by atoms with E-state index < -0.39 is 0 Å². The van der Waals surface area contributed by atoms with Crippen molar-refractivity contribution < 1.29 is 9.53 Å². The second-order valence-electron chi connectivity index (χ2n) is 8.79. The fraction of sp³-hybridized carbons (Fsp3) is 0.370. The number of pyridine rings is 1. The molecule has 1 saturated carbocycles. The van der Waals surface area contributed by atoms with Gasteiger partial charge >= 0.3 is 5.97 Å². The zero-order valence-electron chi connectivity index (χ0n) is 19.1. The lowest BCUT2D eigenvalue weighted by Gasteiger charge is -2.28. The molecule has 3 aromatic rings. The van der Waals surface area contributed by atoms with E-state index >= 15 is 0 Å². The van der Waals surface area contributed by atoms with Gasteiger partial charge < -0.3 is 9.72 Å². The molecule has 0 amide bonds. The van der Waals surface area contributed by atoms with Gasteiger partial charge in [0, 0.05) is 18.2 Å². The maximum atomic E-state index is 11.5. The first-order chi connectivity index (χ1) is 15.5. The molecule has 0 bridgehead atoms. The number of hydrogen-bond acceptors (Lipinski definition) is 4. The fourth-order valence-corrected chi connectivity index (χ4v) is 4.48. The Morgan fingerprint density at radius 2 is 1.88 bits per heavy atom. The van der Waals surface area contributed by atoms with Crippen molar-refractivity contribution >= 4 is 22.6 Å². The highest BCUT2D eigenvalue weighted by Gasteiger charge is 2.24. The summed E-state index contributed by atoms with van der Waals surface area (Å²) in [6.07, 6.45) is 11.3. The van der Waals surface area contributed by atoms with Gasteiger partial charge in [-0.1, -0.05) is 29.9 Å². The Balaban J connectivity index is 1.38. The first-order valence-corrected chi connectivity index (χ1v) is 11.4. The van der Waals surface area contributed by atoms with Crippen LogP contribution in [-0.4, -0.2) is 28.0 Å². The summed E-state index contributed by atoms with van der Waals surface area (Å²) < 4.78 is 4.81. The molecule has 0 spiro atoms. The highest BCUT2D eigenvalue weighted by Crippen LogP contribution is 2.35. The third-order valence-electron chi connectivity index (χ3n) is 6.60. The molecule has 5 heteroatoms. The zero-order chi connectivity index (χ0) is 22.5. The Labute approximate surface area is 189 Å². The highest BCUT2D eigenvalue weighted by molar-refractivity contribution is 5.79. The molecular formula is C27H31N3O2. The van der Waals surface area contributed by atoms with Crippen LogP contribution < -0.4 is 0 Å². The average molecular weight is 430 g/mol. The van der Waals surface area contributed by atoms with Crippen LogP contribution >= 0.6 is 0 Å². The predicted molar refractivity (Wildman–Crippen MR) is 129 cm³/mol. The molecule has 1 N–H and O–H groups in total. The summed E-state index contributed by atoms with van der Waals surface area (Å²) in [6, 6.07) is 12.1. The number of allylic oxidation sites excluding steroid dienone is 4. The van der Waals surface area contributed by atoms with E-state index in [1.807, 2.05) is 30.5 Å². The van der Waals surface area contributed by atoms with Crippen molar-refractivity contribution in [2.75, 3.05) is 7.11 Å². The van der Waals surface area contributed by atoms with Crippen LogP contribution in [0.3, 0.4) is 0 Å². The summed E-state index contributed by atoms with van der Waals surface area (Å²) in [5, 5.41) is 0. The van der Waals surface area contributed by atoms with E-state index in [9.17, 15) is 4.79 Å². The van der Waals surface area contributed by atoms with Gasteiger partial charge in [0.25, 0.3) is 0 Å². The lowest BCUT2D eigenvalue weighted by Crippen LogP contribution is -2.18. The molecule has 0 atom stereocenters. The number of carbonyl (C=O) groups is 1. The van der Waals surface area contributed by atoms with Crippen molar-refractivity contribution in [1.82, 2.24) is 15.0 Å². The van der Waals surface area contributed by atoms with Gasteiger partial charge in [0.15, 0.2) is 0 Å². The minimum Gasteiger partial charge on any atom is -0.469 e. The van der Waals surface area contributed by atoms with Gasteiger partial charge in [0.2, 0.25) is 0 Å². The summed E-state index contributed by atoms with van der Waals surface area (Å²) in [6.45, 7) is 4.31. The van der Waals surface area contributed by atoms with E-state index in [4.69, 9.17) is 4.74 Å². The van der Waals surface area contributed by atoms with Crippen molar-refractivity contribution in [2.45, 2.75) is 46.0 Å². The number of nitrogens with one attached hydrogen (secondary N) is 1. The molecule has 1 fully saturated rings. The van der Waals surface area contributed by atoms with E-state index in [-0.39, 0.29) is 5.97 Å². The average Bonchev–Trinajstić information content (AvgIpc) is 3.27. The number of esters is 1. The van der Waals surface area contributed by atoms with Gasteiger partial charge in [-0.15, -0.1) is 0 Å². The molecule has 5 nitrogen and oxygen atoms in total. The third-order valence-corrected chi connectivity index (χ3v) is 6.60. The molecule has 0 saturated heterocycles. The Hall–Kier alpha value is -3.21. The molecule has 166 valence electrons. The number of nitrogens with zero attached hydrogens (tertiary/aromatic N) is 2. The number of ether oxygens (including phenoxy) is 1. The number of imidazole rings is 1. The van der Waals surface area contributed by atoms with Gasteiger partial charge in [0.1, 0.15) is 5.82 Å². The molecule has 0 aliphatic heterocycles. The Morgan fingerprint density at radius 3 is 2.56 bits per heavy atom. The maximum absolute atomic E-state index is 11.5. The quantitative estimate of drug-likeness (QED) is 0.366. The lowest BCUT2D eigenvalue weighted by atomic mass is 9.77. The monoisotopic (exact) mass is 429 g/mol. The van der Waals surface area contributed by atoms with Gasteiger partial charge in [-0.2, -0.15) is 0 Å². The van der Waals surface area contributed by atoms with E-state index in [2.05, 4.69) is 53.1 Å². The summed E-state index contributed by atoms with van der Waals surface area (Å²) in [4.78, 5) is 24.2. The second-order valence-corrected chi connectivity index (χ2v) is 8.79. The van der Waals surface area contributed by atoms with Crippen molar-refractivity contribution in [3.8, 4) is 11.4 Å². The number of fused-ring (bicyclic) bond motifs is 1. The van der Waals surface area contributed by atoms with Crippen LogP contribution in [0.25, 0.3) is 28.0 Å².